The van der Waals surface area contributed by atoms with Gasteiger partial charge in [-0.3, -0.25) is 19.2 Å². The molecule has 0 bridgehead atoms. The summed E-state index contributed by atoms with van der Waals surface area (Å²) in [6, 6.07) is -0.214. The van der Waals surface area contributed by atoms with Gasteiger partial charge in [0.2, 0.25) is 11.8 Å². The topological polar surface area (TPSA) is 115 Å². The number of amides is 2. The summed E-state index contributed by atoms with van der Waals surface area (Å²) in [5, 5.41) is 18.2. The lowest BCUT2D eigenvalue weighted by atomic mass is 10.1. The van der Waals surface area contributed by atoms with E-state index in [2.05, 4.69) is 0 Å². The van der Waals surface area contributed by atoms with Gasteiger partial charge in [0.25, 0.3) is 0 Å². The number of likely N-dealkylation sites (tertiary alicyclic amines) is 1. The molecule has 140 valence electrons. The quantitative estimate of drug-likeness (QED) is 0.749. The molecule has 0 radical (unpaired) electrons. The molecule has 2 aliphatic rings. The van der Waals surface area contributed by atoms with Crippen molar-refractivity contribution in [3.8, 4) is 0 Å². The maximum atomic E-state index is 12.7. The number of aliphatic carboxylic acids is 2. The highest BCUT2D eigenvalue weighted by molar-refractivity contribution is 5.91. The van der Waals surface area contributed by atoms with Crippen LogP contribution in [0.25, 0.3) is 0 Å². The molecule has 0 aromatic carbocycles. The van der Waals surface area contributed by atoms with Crippen molar-refractivity contribution in [2.45, 2.75) is 46.1 Å². The molecule has 1 unspecified atom stereocenters. The van der Waals surface area contributed by atoms with E-state index >= 15 is 0 Å². The van der Waals surface area contributed by atoms with Crippen molar-refractivity contribution >= 4 is 23.8 Å². The minimum absolute atomic E-state index is 0.148. The first-order valence-electron chi connectivity index (χ1n) is 8.58. The Kier molecular flexibility index (Phi) is 5.39. The summed E-state index contributed by atoms with van der Waals surface area (Å²) in [6.45, 7) is 5.50. The smallest absolute Gasteiger partial charge is 0.323 e. The van der Waals surface area contributed by atoms with Gasteiger partial charge in [0.05, 0.1) is 11.8 Å². The second kappa shape index (κ2) is 7.01. The third-order valence-corrected chi connectivity index (χ3v) is 5.52. The van der Waals surface area contributed by atoms with Gasteiger partial charge in [0.15, 0.2) is 0 Å². The molecular weight excluding hydrogens is 328 g/mol. The average Bonchev–Trinajstić information content (AvgIpc) is 3.15. The summed E-state index contributed by atoms with van der Waals surface area (Å²) in [6.07, 6.45) is 1.79. The highest BCUT2D eigenvalue weighted by Gasteiger charge is 2.66. The molecule has 2 rings (SSSR count). The average molecular weight is 354 g/mol. The largest absolute Gasteiger partial charge is 0.481 e. The van der Waals surface area contributed by atoms with Gasteiger partial charge in [-0.25, -0.2) is 0 Å². The molecule has 0 aromatic rings. The van der Waals surface area contributed by atoms with Gasteiger partial charge in [-0.1, -0.05) is 13.8 Å². The van der Waals surface area contributed by atoms with Crippen LogP contribution < -0.4 is 0 Å². The van der Waals surface area contributed by atoms with Crippen molar-refractivity contribution < 1.29 is 29.4 Å². The highest BCUT2D eigenvalue weighted by Crippen LogP contribution is 2.59. The SMILES string of the molecule is CC(=O)N(CC(=O)O)C1CCCN(C(=O)[C@@H]2[C@H](C(=O)O)C2(C)C)CC1. The molecule has 1 aliphatic carbocycles. The zero-order valence-electron chi connectivity index (χ0n) is 14.9. The molecule has 2 N–H and O–H groups in total. The van der Waals surface area contributed by atoms with Crippen molar-refractivity contribution in [2.75, 3.05) is 19.6 Å². The Morgan fingerprint density at radius 3 is 2.20 bits per heavy atom. The first-order chi connectivity index (χ1) is 11.6. The molecule has 1 saturated heterocycles. The molecule has 1 heterocycles. The fourth-order valence-electron chi connectivity index (χ4n) is 4.01. The van der Waals surface area contributed by atoms with Crippen molar-refractivity contribution in [1.29, 1.82) is 0 Å². The highest BCUT2D eigenvalue weighted by atomic mass is 16.4. The van der Waals surface area contributed by atoms with Crippen molar-refractivity contribution in [3.05, 3.63) is 0 Å². The summed E-state index contributed by atoms with van der Waals surface area (Å²) >= 11 is 0. The molecule has 1 saturated carbocycles. The number of hydrogen-bond donors (Lipinski definition) is 2. The predicted molar refractivity (Wildman–Crippen MR) is 87.6 cm³/mol. The number of carboxylic acid groups (broad SMARTS) is 2. The van der Waals surface area contributed by atoms with Gasteiger partial charge < -0.3 is 20.0 Å². The number of carbonyl (C=O) groups excluding carboxylic acids is 2. The predicted octanol–water partition coefficient (Wildman–Crippen LogP) is 0.657. The van der Waals surface area contributed by atoms with Crippen LogP contribution in [0.4, 0.5) is 0 Å². The fraction of sp³-hybridized carbons (Fsp3) is 0.765. The molecule has 8 nitrogen and oxygen atoms in total. The molecule has 1 aliphatic heterocycles. The van der Waals surface area contributed by atoms with Crippen LogP contribution in [0, 0.1) is 17.3 Å². The third-order valence-electron chi connectivity index (χ3n) is 5.52. The summed E-state index contributed by atoms with van der Waals surface area (Å²) in [5.74, 6) is -3.60. The van der Waals surface area contributed by atoms with Crippen LogP contribution in [0.2, 0.25) is 0 Å². The van der Waals surface area contributed by atoms with Crippen LogP contribution in [-0.4, -0.2) is 69.4 Å². The second-order valence-electron chi connectivity index (χ2n) is 7.57. The molecule has 3 atom stereocenters. The molecule has 0 aromatic heterocycles. The number of carbonyl (C=O) groups is 4. The first-order valence-corrected chi connectivity index (χ1v) is 8.58. The van der Waals surface area contributed by atoms with Crippen LogP contribution in [-0.2, 0) is 19.2 Å². The van der Waals surface area contributed by atoms with E-state index in [-0.39, 0.29) is 24.4 Å². The van der Waals surface area contributed by atoms with Gasteiger partial charge in [0.1, 0.15) is 6.54 Å². The lowest BCUT2D eigenvalue weighted by Gasteiger charge is -2.29. The summed E-state index contributed by atoms with van der Waals surface area (Å²) < 4.78 is 0. The Hall–Kier alpha value is -2.12. The van der Waals surface area contributed by atoms with Gasteiger partial charge >= 0.3 is 11.9 Å². The first kappa shape index (κ1) is 19.2. The van der Waals surface area contributed by atoms with Crippen molar-refractivity contribution in [2.24, 2.45) is 17.3 Å². The summed E-state index contributed by atoms with van der Waals surface area (Å²) in [5.41, 5.74) is -0.538. The van der Waals surface area contributed by atoms with Crippen LogP contribution >= 0.6 is 0 Å². The van der Waals surface area contributed by atoms with Crippen LogP contribution in [0.1, 0.15) is 40.0 Å². The zero-order valence-corrected chi connectivity index (χ0v) is 14.9. The van der Waals surface area contributed by atoms with Crippen LogP contribution in [0.3, 0.4) is 0 Å². The number of rotatable bonds is 5. The standard InChI is InChI=1S/C17H26N2O6/c1-10(20)19(9-12(21)22)11-5-4-7-18(8-6-11)15(23)13-14(16(24)25)17(13,2)3/h11,13-14H,4-9H2,1-3H3,(H,21,22)(H,24,25)/t11?,13-,14+/m0/s1. The van der Waals surface area contributed by atoms with E-state index in [0.29, 0.717) is 32.4 Å². The van der Waals surface area contributed by atoms with E-state index in [1.54, 1.807) is 18.7 Å². The normalized spacial score (nSPS) is 28.0. The Bertz CT molecular complexity index is 588. The number of hydrogen-bond acceptors (Lipinski definition) is 4. The van der Waals surface area contributed by atoms with Crippen molar-refractivity contribution in [3.63, 3.8) is 0 Å². The van der Waals surface area contributed by atoms with E-state index < -0.39 is 29.2 Å². The van der Waals surface area contributed by atoms with Crippen LogP contribution in [0.5, 0.6) is 0 Å². The Morgan fingerprint density at radius 2 is 1.72 bits per heavy atom. The Labute approximate surface area is 146 Å². The van der Waals surface area contributed by atoms with Gasteiger partial charge in [-0.05, 0) is 24.7 Å². The van der Waals surface area contributed by atoms with Crippen molar-refractivity contribution in [1.82, 2.24) is 9.80 Å². The molecular formula is C17H26N2O6. The summed E-state index contributed by atoms with van der Waals surface area (Å²) in [4.78, 5) is 49.7. The Balaban J connectivity index is 2.02. The fourth-order valence-corrected chi connectivity index (χ4v) is 4.01. The lowest BCUT2D eigenvalue weighted by molar-refractivity contribution is -0.145. The van der Waals surface area contributed by atoms with E-state index in [9.17, 15) is 24.3 Å². The van der Waals surface area contributed by atoms with E-state index in [1.807, 2.05) is 0 Å². The minimum atomic E-state index is -1.06. The molecule has 0 spiro atoms. The third kappa shape index (κ3) is 3.93. The monoisotopic (exact) mass is 354 g/mol. The van der Waals surface area contributed by atoms with Gasteiger partial charge in [-0.2, -0.15) is 0 Å². The van der Waals surface area contributed by atoms with E-state index in [1.165, 1.54) is 11.8 Å². The van der Waals surface area contributed by atoms with Gasteiger partial charge in [0, 0.05) is 26.1 Å². The maximum Gasteiger partial charge on any atom is 0.323 e. The van der Waals surface area contributed by atoms with E-state index in [0.717, 1.165) is 0 Å². The minimum Gasteiger partial charge on any atom is -0.481 e. The van der Waals surface area contributed by atoms with Crippen LogP contribution in [0.15, 0.2) is 0 Å². The molecule has 8 heteroatoms. The lowest BCUT2D eigenvalue weighted by Crippen LogP contribution is -2.43. The van der Waals surface area contributed by atoms with Gasteiger partial charge in [-0.15, -0.1) is 0 Å². The second-order valence-corrected chi connectivity index (χ2v) is 7.57. The molecule has 2 fully saturated rings. The zero-order chi connectivity index (χ0) is 18.9. The number of carboxylic acids is 2. The Morgan fingerprint density at radius 1 is 1.08 bits per heavy atom. The number of nitrogens with zero attached hydrogens (tertiary/aromatic N) is 2. The summed E-state index contributed by atoms with van der Waals surface area (Å²) in [7, 11) is 0. The maximum absolute atomic E-state index is 12.7. The molecule has 25 heavy (non-hydrogen) atoms. The van der Waals surface area contributed by atoms with E-state index in [4.69, 9.17) is 5.11 Å². The molecule has 2 amide bonds.